The Morgan fingerprint density at radius 3 is 2.35 bits per heavy atom. The summed E-state index contributed by atoms with van der Waals surface area (Å²) in [5.41, 5.74) is 0. The monoisotopic (exact) mass is 414 g/mol. The molecule has 20 heavy (non-hydrogen) atoms. The van der Waals surface area contributed by atoms with Crippen LogP contribution in [0.4, 0.5) is 0 Å². The molecule has 0 spiro atoms. The maximum Gasteiger partial charge on any atom is 0.191 e. The molecule has 1 fully saturated rings. The van der Waals surface area contributed by atoms with Gasteiger partial charge >= 0.3 is 0 Å². The van der Waals surface area contributed by atoms with Gasteiger partial charge in [-0.1, -0.05) is 6.92 Å². The highest BCUT2D eigenvalue weighted by molar-refractivity contribution is 14.0. The lowest BCUT2D eigenvalue weighted by atomic mass is 10.0. The average Bonchev–Trinajstić information content (AvgIpc) is 2.43. The molecular formula is C14H31IN4S. The number of aliphatic imine (C=N–C) groups is 1. The average molecular weight is 414 g/mol. The molecule has 1 aliphatic rings. The normalized spacial score (nSPS) is 19.6. The van der Waals surface area contributed by atoms with Crippen LogP contribution in [0, 0.1) is 0 Å². The summed E-state index contributed by atoms with van der Waals surface area (Å²) in [6.07, 6.45) is 4.55. The van der Waals surface area contributed by atoms with Crippen LogP contribution >= 0.6 is 35.7 Å². The molecule has 0 amide bonds. The molecule has 6 heteroatoms. The van der Waals surface area contributed by atoms with E-state index in [1.807, 2.05) is 18.8 Å². The van der Waals surface area contributed by atoms with Crippen LogP contribution in [0.2, 0.25) is 0 Å². The van der Waals surface area contributed by atoms with Gasteiger partial charge in [-0.2, -0.15) is 11.8 Å². The lowest BCUT2D eigenvalue weighted by molar-refractivity contribution is 0.167. The third-order valence-electron chi connectivity index (χ3n) is 3.78. The predicted molar refractivity (Wildman–Crippen MR) is 103 cm³/mol. The van der Waals surface area contributed by atoms with Crippen LogP contribution in [0.1, 0.15) is 33.6 Å². The largest absolute Gasteiger partial charge is 0.355 e. The van der Waals surface area contributed by atoms with Crippen molar-refractivity contribution < 1.29 is 0 Å². The molecule has 2 N–H and O–H groups in total. The standard InChI is InChI=1S/C14H30N4S.HI/c1-11(2)18-8-6-13(7-9-18)17-14(15-4)16-10-12(3)19-5;/h11-13H,6-10H2,1-5H3,(H2,15,16,17);1H. The number of hydrogen-bond acceptors (Lipinski definition) is 3. The van der Waals surface area contributed by atoms with E-state index in [1.54, 1.807) is 0 Å². The molecular weight excluding hydrogens is 383 g/mol. The number of halogens is 1. The molecule has 4 nitrogen and oxygen atoms in total. The Hall–Kier alpha value is 0.310. The SMILES string of the molecule is CN=C(NCC(C)SC)NC1CCN(C(C)C)CC1.I. The van der Waals surface area contributed by atoms with Crippen molar-refractivity contribution in [1.29, 1.82) is 0 Å². The van der Waals surface area contributed by atoms with Crippen molar-refractivity contribution in [2.75, 3.05) is 32.9 Å². The number of hydrogen-bond donors (Lipinski definition) is 2. The summed E-state index contributed by atoms with van der Waals surface area (Å²) in [5, 5.41) is 7.57. The summed E-state index contributed by atoms with van der Waals surface area (Å²) >= 11 is 1.87. The van der Waals surface area contributed by atoms with E-state index in [1.165, 1.54) is 25.9 Å². The summed E-state index contributed by atoms with van der Waals surface area (Å²) in [6.45, 7) is 10.1. The maximum absolute atomic E-state index is 4.31. The van der Waals surface area contributed by atoms with E-state index < -0.39 is 0 Å². The molecule has 0 radical (unpaired) electrons. The van der Waals surface area contributed by atoms with Crippen LogP contribution < -0.4 is 10.6 Å². The Bertz CT molecular complexity index is 278. The third kappa shape index (κ3) is 7.36. The first-order chi connectivity index (χ1) is 9.06. The van der Waals surface area contributed by atoms with Crippen LogP contribution in [0.5, 0.6) is 0 Å². The topological polar surface area (TPSA) is 39.7 Å². The molecule has 1 aliphatic heterocycles. The highest BCUT2D eigenvalue weighted by Gasteiger charge is 2.21. The smallest absolute Gasteiger partial charge is 0.191 e. The zero-order valence-electron chi connectivity index (χ0n) is 13.5. The van der Waals surface area contributed by atoms with E-state index >= 15 is 0 Å². The van der Waals surface area contributed by atoms with Gasteiger partial charge in [-0.3, -0.25) is 4.99 Å². The lowest BCUT2D eigenvalue weighted by Gasteiger charge is -2.35. The molecule has 1 saturated heterocycles. The van der Waals surface area contributed by atoms with Crippen LogP contribution in [-0.2, 0) is 0 Å². The molecule has 1 heterocycles. The van der Waals surface area contributed by atoms with Gasteiger partial charge < -0.3 is 15.5 Å². The van der Waals surface area contributed by atoms with E-state index in [0.29, 0.717) is 17.3 Å². The van der Waals surface area contributed by atoms with Gasteiger partial charge in [-0.15, -0.1) is 24.0 Å². The second-order valence-corrected chi connectivity index (χ2v) is 6.82. The molecule has 1 atom stereocenters. The van der Waals surface area contributed by atoms with Crippen molar-refractivity contribution in [2.45, 2.75) is 50.9 Å². The lowest BCUT2D eigenvalue weighted by Crippen LogP contribution is -2.50. The van der Waals surface area contributed by atoms with E-state index in [4.69, 9.17) is 0 Å². The number of guanidine groups is 1. The van der Waals surface area contributed by atoms with Gasteiger partial charge in [-0.05, 0) is 32.9 Å². The van der Waals surface area contributed by atoms with Crippen molar-refractivity contribution in [2.24, 2.45) is 4.99 Å². The number of nitrogens with zero attached hydrogens (tertiary/aromatic N) is 2. The van der Waals surface area contributed by atoms with Gasteiger partial charge in [0, 0.05) is 44.0 Å². The number of piperidine rings is 1. The highest BCUT2D eigenvalue weighted by Crippen LogP contribution is 2.12. The Morgan fingerprint density at radius 1 is 1.30 bits per heavy atom. The van der Waals surface area contributed by atoms with Crippen molar-refractivity contribution in [1.82, 2.24) is 15.5 Å². The Morgan fingerprint density at radius 2 is 1.90 bits per heavy atom. The van der Waals surface area contributed by atoms with Crippen molar-refractivity contribution in [3.63, 3.8) is 0 Å². The van der Waals surface area contributed by atoms with Gasteiger partial charge in [-0.25, -0.2) is 0 Å². The number of likely N-dealkylation sites (tertiary alicyclic amines) is 1. The first-order valence-electron chi connectivity index (χ1n) is 7.30. The van der Waals surface area contributed by atoms with Crippen LogP contribution in [-0.4, -0.2) is 61.1 Å². The fraction of sp³-hybridized carbons (Fsp3) is 0.929. The van der Waals surface area contributed by atoms with Crippen molar-refractivity contribution in [3.8, 4) is 0 Å². The Balaban J connectivity index is 0.00000361. The minimum atomic E-state index is 0. The molecule has 0 aromatic rings. The maximum atomic E-state index is 4.31. The van der Waals surface area contributed by atoms with Crippen LogP contribution in [0.15, 0.2) is 4.99 Å². The second-order valence-electron chi connectivity index (χ2n) is 5.55. The van der Waals surface area contributed by atoms with Gasteiger partial charge in [0.25, 0.3) is 0 Å². The summed E-state index contributed by atoms with van der Waals surface area (Å²) < 4.78 is 0. The quantitative estimate of drug-likeness (QED) is 0.412. The fourth-order valence-corrected chi connectivity index (χ4v) is 2.52. The zero-order valence-corrected chi connectivity index (χ0v) is 16.6. The molecule has 0 aliphatic carbocycles. The first-order valence-corrected chi connectivity index (χ1v) is 8.59. The van der Waals surface area contributed by atoms with E-state index in [-0.39, 0.29) is 24.0 Å². The molecule has 0 bridgehead atoms. The van der Waals surface area contributed by atoms with E-state index in [9.17, 15) is 0 Å². The van der Waals surface area contributed by atoms with E-state index in [2.05, 4.69) is 47.6 Å². The van der Waals surface area contributed by atoms with Crippen LogP contribution in [0.25, 0.3) is 0 Å². The molecule has 1 rings (SSSR count). The van der Waals surface area contributed by atoms with Gasteiger partial charge in [0.1, 0.15) is 0 Å². The Kier molecular flexibility index (Phi) is 11.1. The summed E-state index contributed by atoms with van der Waals surface area (Å²) in [7, 11) is 1.85. The summed E-state index contributed by atoms with van der Waals surface area (Å²) in [6, 6.07) is 1.23. The zero-order chi connectivity index (χ0) is 14.3. The number of nitrogens with one attached hydrogen (secondary N) is 2. The second kappa shape index (κ2) is 11.0. The number of rotatable bonds is 5. The predicted octanol–water partition coefficient (Wildman–Crippen LogP) is 2.39. The minimum Gasteiger partial charge on any atom is -0.355 e. The van der Waals surface area contributed by atoms with Gasteiger partial charge in [0.2, 0.25) is 0 Å². The first kappa shape index (κ1) is 20.3. The van der Waals surface area contributed by atoms with E-state index in [0.717, 1.165) is 12.5 Å². The summed E-state index contributed by atoms with van der Waals surface area (Å²) in [4.78, 5) is 6.86. The molecule has 0 aromatic heterocycles. The third-order valence-corrected chi connectivity index (χ3v) is 4.76. The Labute approximate surface area is 145 Å². The minimum absolute atomic E-state index is 0. The molecule has 0 aromatic carbocycles. The van der Waals surface area contributed by atoms with Gasteiger partial charge in [0.15, 0.2) is 5.96 Å². The van der Waals surface area contributed by atoms with Gasteiger partial charge in [0.05, 0.1) is 0 Å². The van der Waals surface area contributed by atoms with Crippen molar-refractivity contribution >= 4 is 41.7 Å². The molecule has 0 saturated carbocycles. The summed E-state index contributed by atoms with van der Waals surface area (Å²) in [5.74, 6) is 0.948. The van der Waals surface area contributed by atoms with Crippen molar-refractivity contribution in [3.05, 3.63) is 0 Å². The fourth-order valence-electron chi connectivity index (χ4n) is 2.27. The molecule has 120 valence electrons. The van der Waals surface area contributed by atoms with Crippen LogP contribution in [0.3, 0.4) is 0 Å². The number of thioether (sulfide) groups is 1. The molecule has 1 unspecified atom stereocenters. The highest BCUT2D eigenvalue weighted by atomic mass is 127.